The number of hydrogen-bond acceptors (Lipinski definition) is 4. The molecule has 0 saturated heterocycles. The van der Waals surface area contributed by atoms with Crippen LogP contribution in [0.4, 0.5) is 5.69 Å². The minimum absolute atomic E-state index is 0.149. The lowest BCUT2D eigenvalue weighted by Gasteiger charge is -2.13. The van der Waals surface area contributed by atoms with Gasteiger partial charge in [-0.05, 0) is 37.1 Å². The fraction of sp³-hybridized carbons (Fsp3) is 0.231. The molecule has 0 aliphatic carbocycles. The van der Waals surface area contributed by atoms with Gasteiger partial charge in [0.05, 0.1) is 18.2 Å². The van der Waals surface area contributed by atoms with Crippen molar-refractivity contribution in [2.45, 2.75) is 25.3 Å². The van der Waals surface area contributed by atoms with Gasteiger partial charge in [-0.2, -0.15) is 0 Å². The summed E-state index contributed by atoms with van der Waals surface area (Å²) in [6, 6.07) is 5.11. The van der Waals surface area contributed by atoms with Crippen LogP contribution in [0.15, 0.2) is 40.0 Å². The summed E-state index contributed by atoms with van der Waals surface area (Å²) in [4.78, 5) is 0.149. The van der Waals surface area contributed by atoms with E-state index < -0.39 is 10.0 Å². The highest BCUT2D eigenvalue weighted by atomic mass is 32.2. The Morgan fingerprint density at radius 3 is 2.63 bits per heavy atom. The number of furan rings is 1. The van der Waals surface area contributed by atoms with E-state index in [-0.39, 0.29) is 17.1 Å². The second-order valence-corrected chi connectivity index (χ2v) is 6.09. The zero-order valence-electron chi connectivity index (χ0n) is 10.8. The second-order valence-electron chi connectivity index (χ2n) is 4.38. The molecule has 0 fully saturated rings. The Kier molecular flexibility index (Phi) is 3.64. The van der Waals surface area contributed by atoms with Crippen molar-refractivity contribution < 1.29 is 12.8 Å². The van der Waals surface area contributed by atoms with Crippen molar-refractivity contribution in [1.82, 2.24) is 4.72 Å². The maximum absolute atomic E-state index is 12.3. The first kappa shape index (κ1) is 13.6. The number of aryl methyl sites for hydroxylation is 1. The SMILES string of the molecule is Cc1ccc(N)c(S(=O)(=O)NCc2ccoc2)c1C. The van der Waals surface area contributed by atoms with Gasteiger partial charge in [-0.25, -0.2) is 13.1 Å². The standard InChI is InChI=1S/C13H16N2O3S/c1-9-3-4-12(14)13(10(9)2)19(16,17)15-7-11-5-6-18-8-11/h3-6,8,15H,7,14H2,1-2H3. The van der Waals surface area contributed by atoms with Crippen LogP contribution in [0.5, 0.6) is 0 Å². The number of sulfonamides is 1. The molecule has 1 aromatic heterocycles. The van der Waals surface area contributed by atoms with Gasteiger partial charge in [0.15, 0.2) is 0 Å². The van der Waals surface area contributed by atoms with Crippen LogP contribution in [0, 0.1) is 13.8 Å². The molecule has 0 aliphatic heterocycles. The molecular formula is C13H16N2O3S. The zero-order chi connectivity index (χ0) is 14.0. The van der Waals surface area contributed by atoms with E-state index in [0.29, 0.717) is 5.56 Å². The average Bonchev–Trinajstić information content (AvgIpc) is 2.85. The minimum Gasteiger partial charge on any atom is -0.472 e. The maximum Gasteiger partial charge on any atom is 0.243 e. The van der Waals surface area contributed by atoms with E-state index in [1.54, 1.807) is 25.1 Å². The van der Waals surface area contributed by atoms with Crippen LogP contribution < -0.4 is 10.5 Å². The molecular weight excluding hydrogens is 264 g/mol. The molecule has 0 amide bonds. The van der Waals surface area contributed by atoms with Crippen LogP contribution in [-0.2, 0) is 16.6 Å². The van der Waals surface area contributed by atoms with E-state index in [2.05, 4.69) is 4.72 Å². The average molecular weight is 280 g/mol. The van der Waals surface area contributed by atoms with Crippen molar-refractivity contribution >= 4 is 15.7 Å². The molecule has 1 heterocycles. The number of nitrogen functional groups attached to an aromatic ring is 1. The highest BCUT2D eigenvalue weighted by molar-refractivity contribution is 7.89. The van der Waals surface area contributed by atoms with Crippen molar-refractivity contribution in [3.8, 4) is 0 Å². The van der Waals surface area contributed by atoms with Gasteiger partial charge in [0.1, 0.15) is 4.90 Å². The van der Waals surface area contributed by atoms with E-state index in [1.165, 1.54) is 12.5 Å². The summed E-state index contributed by atoms with van der Waals surface area (Å²) in [5.41, 5.74) is 8.35. The molecule has 0 atom stereocenters. The molecule has 5 nitrogen and oxygen atoms in total. The quantitative estimate of drug-likeness (QED) is 0.838. The number of anilines is 1. The lowest BCUT2D eigenvalue weighted by Crippen LogP contribution is -2.25. The van der Waals surface area contributed by atoms with Crippen LogP contribution in [-0.4, -0.2) is 8.42 Å². The summed E-state index contributed by atoms with van der Waals surface area (Å²) in [5.74, 6) is 0. The molecule has 0 radical (unpaired) electrons. The zero-order valence-corrected chi connectivity index (χ0v) is 11.6. The van der Waals surface area contributed by atoms with Crippen LogP contribution in [0.2, 0.25) is 0 Å². The van der Waals surface area contributed by atoms with Gasteiger partial charge in [-0.1, -0.05) is 6.07 Å². The van der Waals surface area contributed by atoms with Crippen molar-refractivity contribution in [2.75, 3.05) is 5.73 Å². The van der Waals surface area contributed by atoms with Crippen molar-refractivity contribution in [1.29, 1.82) is 0 Å². The van der Waals surface area contributed by atoms with Crippen molar-refractivity contribution in [2.24, 2.45) is 0 Å². The smallest absolute Gasteiger partial charge is 0.243 e. The lowest BCUT2D eigenvalue weighted by atomic mass is 10.1. The monoisotopic (exact) mass is 280 g/mol. The van der Waals surface area contributed by atoms with Crippen LogP contribution in [0.1, 0.15) is 16.7 Å². The Hall–Kier alpha value is -1.79. The summed E-state index contributed by atoms with van der Waals surface area (Å²) >= 11 is 0. The van der Waals surface area contributed by atoms with Gasteiger partial charge in [0, 0.05) is 12.1 Å². The number of nitrogens with one attached hydrogen (secondary N) is 1. The first-order valence-corrected chi connectivity index (χ1v) is 7.26. The molecule has 3 N–H and O–H groups in total. The van der Waals surface area contributed by atoms with Gasteiger partial charge in [0.2, 0.25) is 10.0 Å². The molecule has 0 spiro atoms. The number of rotatable bonds is 4. The predicted molar refractivity (Wildman–Crippen MR) is 73.1 cm³/mol. The molecule has 1 aromatic carbocycles. The van der Waals surface area contributed by atoms with Crippen molar-refractivity contribution in [3.05, 3.63) is 47.4 Å². The van der Waals surface area contributed by atoms with E-state index in [4.69, 9.17) is 10.2 Å². The van der Waals surface area contributed by atoms with Crippen LogP contribution in [0.3, 0.4) is 0 Å². The number of hydrogen-bond donors (Lipinski definition) is 2. The lowest BCUT2D eigenvalue weighted by molar-refractivity contribution is 0.561. The topological polar surface area (TPSA) is 85.3 Å². The minimum atomic E-state index is -3.64. The Morgan fingerprint density at radius 1 is 1.26 bits per heavy atom. The fourth-order valence-corrected chi connectivity index (χ4v) is 3.25. The number of benzene rings is 1. The first-order valence-electron chi connectivity index (χ1n) is 5.78. The van der Waals surface area contributed by atoms with Gasteiger partial charge >= 0.3 is 0 Å². The predicted octanol–water partition coefficient (Wildman–Crippen LogP) is 1.96. The summed E-state index contributed by atoms with van der Waals surface area (Å²) in [6.45, 7) is 3.77. The first-order chi connectivity index (χ1) is 8.92. The Morgan fingerprint density at radius 2 is 2.00 bits per heavy atom. The van der Waals surface area contributed by atoms with Gasteiger partial charge in [-0.15, -0.1) is 0 Å². The molecule has 102 valence electrons. The van der Waals surface area contributed by atoms with Gasteiger partial charge < -0.3 is 10.2 Å². The molecule has 6 heteroatoms. The Balaban J connectivity index is 2.32. The highest BCUT2D eigenvalue weighted by Crippen LogP contribution is 2.25. The van der Waals surface area contributed by atoms with Gasteiger partial charge in [0.25, 0.3) is 0 Å². The van der Waals surface area contributed by atoms with E-state index in [9.17, 15) is 8.42 Å². The molecule has 2 rings (SSSR count). The fourth-order valence-electron chi connectivity index (χ4n) is 1.81. The molecule has 19 heavy (non-hydrogen) atoms. The Bertz CT molecular complexity index is 676. The summed E-state index contributed by atoms with van der Waals surface area (Å²) in [7, 11) is -3.64. The Labute approximate surface area is 112 Å². The van der Waals surface area contributed by atoms with Gasteiger partial charge in [-0.3, -0.25) is 0 Å². The van der Waals surface area contributed by atoms with Crippen molar-refractivity contribution in [3.63, 3.8) is 0 Å². The third-order valence-corrected chi connectivity index (χ3v) is 4.63. The molecule has 2 aromatic rings. The summed E-state index contributed by atoms with van der Waals surface area (Å²) in [5, 5.41) is 0. The third kappa shape index (κ3) is 2.80. The maximum atomic E-state index is 12.3. The highest BCUT2D eigenvalue weighted by Gasteiger charge is 2.20. The second kappa shape index (κ2) is 5.07. The summed E-state index contributed by atoms with van der Waals surface area (Å²) < 4.78 is 32.0. The normalized spacial score (nSPS) is 11.7. The third-order valence-electron chi connectivity index (χ3n) is 3.02. The van der Waals surface area contributed by atoms with E-state index >= 15 is 0 Å². The van der Waals surface area contributed by atoms with E-state index in [0.717, 1.165) is 11.1 Å². The molecule has 0 saturated carbocycles. The number of nitrogens with two attached hydrogens (primary N) is 1. The largest absolute Gasteiger partial charge is 0.472 e. The van der Waals surface area contributed by atoms with Crippen LogP contribution >= 0.6 is 0 Å². The molecule has 0 unspecified atom stereocenters. The summed E-state index contributed by atoms with van der Waals surface area (Å²) in [6.07, 6.45) is 2.99. The molecule has 0 aliphatic rings. The van der Waals surface area contributed by atoms with E-state index in [1.807, 2.05) is 6.92 Å². The molecule has 0 bridgehead atoms. The van der Waals surface area contributed by atoms with Crippen LogP contribution in [0.25, 0.3) is 0 Å².